The second kappa shape index (κ2) is 5.89. The number of benzene rings is 2. The molecule has 0 aliphatic heterocycles. The maximum atomic E-state index is 11.9. The van der Waals surface area contributed by atoms with Gasteiger partial charge in [0.1, 0.15) is 0 Å². The first-order valence-electron chi connectivity index (χ1n) is 7.21. The van der Waals surface area contributed by atoms with Crippen molar-refractivity contribution in [3.63, 3.8) is 0 Å². The highest BCUT2D eigenvalue weighted by atomic mass is 16.4. The van der Waals surface area contributed by atoms with Crippen LogP contribution in [0.25, 0.3) is 11.0 Å². The molecule has 112 valence electrons. The first-order valence-corrected chi connectivity index (χ1v) is 7.21. The minimum Gasteiger partial charge on any atom is -0.479 e. The van der Waals surface area contributed by atoms with Crippen molar-refractivity contribution in [1.82, 2.24) is 9.55 Å². The van der Waals surface area contributed by atoms with E-state index < -0.39 is 12.0 Å². The maximum Gasteiger partial charge on any atom is 0.331 e. The van der Waals surface area contributed by atoms with E-state index in [1.807, 2.05) is 61.5 Å². The number of anilines is 1. The van der Waals surface area contributed by atoms with Crippen LogP contribution < -0.4 is 5.32 Å². The number of para-hydroxylation sites is 2. The highest BCUT2D eigenvalue weighted by molar-refractivity contribution is 5.84. The number of nitrogens with one attached hydrogen (secondary N) is 1. The van der Waals surface area contributed by atoms with Gasteiger partial charge in [-0.1, -0.05) is 42.5 Å². The number of hydrogen-bond donors (Lipinski definition) is 2. The number of carboxylic acids is 1. The molecule has 0 aliphatic rings. The molecule has 0 aliphatic carbocycles. The third kappa shape index (κ3) is 2.41. The lowest BCUT2D eigenvalue weighted by Gasteiger charge is -2.18. The lowest BCUT2D eigenvalue weighted by atomic mass is 10.1. The number of rotatable bonds is 5. The van der Waals surface area contributed by atoms with Crippen LogP contribution in [-0.2, 0) is 4.79 Å². The molecule has 0 amide bonds. The summed E-state index contributed by atoms with van der Waals surface area (Å²) in [7, 11) is 0. The Hall–Kier alpha value is -2.82. The topological polar surface area (TPSA) is 67.2 Å². The van der Waals surface area contributed by atoms with Crippen molar-refractivity contribution in [2.75, 3.05) is 11.9 Å². The molecule has 3 aromatic rings. The fraction of sp³-hybridized carbons (Fsp3) is 0.176. The van der Waals surface area contributed by atoms with Crippen molar-refractivity contribution in [1.29, 1.82) is 0 Å². The van der Waals surface area contributed by atoms with E-state index in [-0.39, 0.29) is 0 Å². The largest absolute Gasteiger partial charge is 0.479 e. The molecular weight excluding hydrogens is 278 g/mol. The Morgan fingerprint density at radius 3 is 2.55 bits per heavy atom. The Labute approximate surface area is 128 Å². The van der Waals surface area contributed by atoms with Crippen molar-refractivity contribution in [3.8, 4) is 0 Å². The van der Waals surface area contributed by atoms with Gasteiger partial charge >= 0.3 is 5.97 Å². The van der Waals surface area contributed by atoms with Gasteiger partial charge in [0.2, 0.25) is 5.95 Å². The molecule has 5 heteroatoms. The minimum atomic E-state index is -0.909. The van der Waals surface area contributed by atoms with Crippen LogP contribution in [0.3, 0.4) is 0 Å². The van der Waals surface area contributed by atoms with Crippen molar-refractivity contribution < 1.29 is 9.90 Å². The Morgan fingerprint density at radius 2 is 1.86 bits per heavy atom. The van der Waals surface area contributed by atoms with Gasteiger partial charge in [-0.25, -0.2) is 9.78 Å². The molecule has 22 heavy (non-hydrogen) atoms. The standard InChI is InChI=1S/C17H17N3O2/c1-2-18-17-19-13-10-6-7-11-14(13)20(17)15(16(21)22)12-8-4-3-5-9-12/h3-11,15H,2H2,1H3,(H,18,19)(H,21,22). The molecular formula is C17H17N3O2. The molecule has 0 saturated heterocycles. The SMILES string of the molecule is CCNc1nc2ccccc2n1C(C(=O)O)c1ccccc1. The van der Waals surface area contributed by atoms with E-state index in [4.69, 9.17) is 0 Å². The molecule has 0 spiro atoms. The molecule has 0 saturated carbocycles. The van der Waals surface area contributed by atoms with Crippen LogP contribution in [0.15, 0.2) is 54.6 Å². The zero-order chi connectivity index (χ0) is 15.5. The van der Waals surface area contributed by atoms with Crippen molar-refractivity contribution in [2.24, 2.45) is 0 Å². The summed E-state index contributed by atoms with van der Waals surface area (Å²) in [5.41, 5.74) is 2.30. The second-order valence-corrected chi connectivity index (χ2v) is 4.98. The van der Waals surface area contributed by atoms with E-state index in [0.717, 1.165) is 16.6 Å². The Kier molecular flexibility index (Phi) is 3.78. The third-order valence-corrected chi connectivity index (χ3v) is 3.54. The fourth-order valence-electron chi connectivity index (χ4n) is 2.63. The summed E-state index contributed by atoms with van der Waals surface area (Å²) in [4.78, 5) is 16.4. The second-order valence-electron chi connectivity index (χ2n) is 4.98. The van der Waals surface area contributed by atoms with Gasteiger partial charge in [-0.05, 0) is 24.6 Å². The minimum absolute atomic E-state index is 0.569. The normalized spacial score (nSPS) is 12.2. The van der Waals surface area contributed by atoms with Crippen molar-refractivity contribution >= 4 is 23.0 Å². The van der Waals surface area contributed by atoms with Gasteiger partial charge < -0.3 is 10.4 Å². The predicted molar refractivity (Wildman–Crippen MR) is 86.1 cm³/mol. The average molecular weight is 295 g/mol. The monoisotopic (exact) mass is 295 g/mol. The lowest BCUT2D eigenvalue weighted by molar-refractivity contribution is -0.139. The summed E-state index contributed by atoms with van der Waals surface area (Å²) in [6.07, 6.45) is 0. The molecule has 0 bridgehead atoms. The van der Waals surface area contributed by atoms with E-state index in [9.17, 15) is 9.90 Å². The van der Waals surface area contributed by atoms with E-state index >= 15 is 0 Å². The van der Waals surface area contributed by atoms with E-state index in [2.05, 4.69) is 10.3 Å². The molecule has 3 rings (SSSR count). The van der Waals surface area contributed by atoms with Crippen molar-refractivity contribution in [3.05, 3.63) is 60.2 Å². The number of imidazole rings is 1. The summed E-state index contributed by atoms with van der Waals surface area (Å²) >= 11 is 0. The molecule has 1 atom stereocenters. The van der Waals surface area contributed by atoms with Crippen LogP contribution >= 0.6 is 0 Å². The zero-order valence-electron chi connectivity index (χ0n) is 12.2. The number of carbonyl (C=O) groups is 1. The Bertz CT molecular complexity index is 796. The summed E-state index contributed by atoms with van der Waals surface area (Å²) < 4.78 is 1.75. The third-order valence-electron chi connectivity index (χ3n) is 3.54. The van der Waals surface area contributed by atoms with Crippen LogP contribution in [0.1, 0.15) is 18.5 Å². The number of hydrogen-bond acceptors (Lipinski definition) is 3. The quantitative estimate of drug-likeness (QED) is 0.759. The molecule has 1 unspecified atom stereocenters. The van der Waals surface area contributed by atoms with Gasteiger partial charge in [-0.3, -0.25) is 4.57 Å². The lowest BCUT2D eigenvalue weighted by Crippen LogP contribution is -2.22. The molecule has 1 heterocycles. The van der Waals surface area contributed by atoms with Gasteiger partial charge in [-0.15, -0.1) is 0 Å². The molecule has 2 N–H and O–H groups in total. The van der Waals surface area contributed by atoms with Crippen LogP contribution in [0.2, 0.25) is 0 Å². The zero-order valence-corrected chi connectivity index (χ0v) is 12.2. The summed E-state index contributed by atoms with van der Waals surface area (Å²) in [6.45, 7) is 2.63. The summed E-state index contributed by atoms with van der Waals surface area (Å²) in [5.74, 6) is -0.339. The summed E-state index contributed by atoms with van der Waals surface area (Å²) in [5, 5.41) is 12.9. The number of aromatic nitrogens is 2. The van der Waals surface area contributed by atoms with Crippen LogP contribution in [0.5, 0.6) is 0 Å². The fourth-order valence-corrected chi connectivity index (χ4v) is 2.63. The first kappa shape index (κ1) is 14.1. The molecule has 1 aromatic heterocycles. The van der Waals surface area contributed by atoms with Crippen LogP contribution in [-0.4, -0.2) is 27.2 Å². The Balaban J connectivity index is 2.25. The number of carboxylic acid groups (broad SMARTS) is 1. The average Bonchev–Trinajstić information content (AvgIpc) is 2.87. The molecule has 0 fully saturated rings. The van der Waals surface area contributed by atoms with Gasteiger partial charge in [0.15, 0.2) is 6.04 Å². The summed E-state index contributed by atoms with van der Waals surface area (Å²) in [6, 6.07) is 16.0. The van der Waals surface area contributed by atoms with Crippen molar-refractivity contribution in [2.45, 2.75) is 13.0 Å². The Morgan fingerprint density at radius 1 is 1.18 bits per heavy atom. The molecule has 5 nitrogen and oxygen atoms in total. The van der Waals surface area contributed by atoms with Crippen LogP contribution in [0, 0.1) is 0 Å². The van der Waals surface area contributed by atoms with E-state index in [1.165, 1.54) is 0 Å². The molecule has 2 aromatic carbocycles. The van der Waals surface area contributed by atoms with Gasteiger partial charge in [-0.2, -0.15) is 0 Å². The first-order chi connectivity index (χ1) is 10.7. The number of nitrogens with zero attached hydrogens (tertiary/aromatic N) is 2. The van der Waals surface area contributed by atoms with Gasteiger partial charge in [0.25, 0.3) is 0 Å². The van der Waals surface area contributed by atoms with Gasteiger partial charge in [0, 0.05) is 6.54 Å². The predicted octanol–water partition coefficient (Wildman–Crippen LogP) is 3.14. The highest BCUT2D eigenvalue weighted by Crippen LogP contribution is 2.29. The van der Waals surface area contributed by atoms with E-state index in [1.54, 1.807) is 4.57 Å². The number of aliphatic carboxylic acids is 1. The maximum absolute atomic E-state index is 11.9. The van der Waals surface area contributed by atoms with E-state index in [0.29, 0.717) is 12.5 Å². The smallest absolute Gasteiger partial charge is 0.331 e. The molecule has 0 radical (unpaired) electrons. The van der Waals surface area contributed by atoms with Gasteiger partial charge in [0.05, 0.1) is 11.0 Å². The highest BCUT2D eigenvalue weighted by Gasteiger charge is 2.26. The number of fused-ring (bicyclic) bond motifs is 1. The van der Waals surface area contributed by atoms with Crippen LogP contribution in [0.4, 0.5) is 5.95 Å².